The summed E-state index contributed by atoms with van der Waals surface area (Å²) in [6, 6.07) is 6.21. The highest BCUT2D eigenvalue weighted by Crippen LogP contribution is 2.28. The molecule has 0 bridgehead atoms. The van der Waals surface area contributed by atoms with Crippen molar-refractivity contribution in [2.24, 2.45) is 7.05 Å². The van der Waals surface area contributed by atoms with Crippen LogP contribution in [0.25, 0.3) is 10.2 Å². The Morgan fingerprint density at radius 2 is 2.16 bits per heavy atom. The van der Waals surface area contributed by atoms with E-state index in [4.69, 9.17) is 0 Å². The number of rotatable bonds is 4. The SMILES string of the molecule is CCN(Cc1cccc(F)c1)C(=O)c1sc2ncn(C)c(=O)c2c1C. The molecule has 5 nitrogen and oxygen atoms in total. The number of halogens is 1. The number of amides is 1. The van der Waals surface area contributed by atoms with E-state index in [-0.39, 0.29) is 17.3 Å². The van der Waals surface area contributed by atoms with Crippen molar-refractivity contribution >= 4 is 27.5 Å². The van der Waals surface area contributed by atoms with Gasteiger partial charge in [0.05, 0.1) is 16.6 Å². The van der Waals surface area contributed by atoms with Crippen molar-refractivity contribution in [1.29, 1.82) is 0 Å². The molecule has 0 spiro atoms. The molecule has 1 amide bonds. The van der Waals surface area contributed by atoms with Gasteiger partial charge in [-0.05, 0) is 37.1 Å². The quantitative estimate of drug-likeness (QED) is 0.719. The van der Waals surface area contributed by atoms with Crippen molar-refractivity contribution in [3.05, 3.63) is 62.8 Å². The zero-order chi connectivity index (χ0) is 18.1. The summed E-state index contributed by atoms with van der Waals surface area (Å²) in [5, 5.41) is 0.486. The smallest absolute Gasteiger partial charge is 0.264 e. The van der Waals surface area contributed by atoms with E-state index in [2.05, 4.69) is 4.98 Å². The molecular formula is C18H18FN3O2S. The fourth-order valence-electron chi connectivity index (χ4n) is 2.74. The van der Waals surface area contributed by atoms with Gasteiger partial charge < -0.3 is 9.47 Å². The minimum atomic E-state index is -0.327. The lowest BCUT2D eigenvalue weighted by Gasteiger charge is -2.20. The van der Waals surface area contributed by atoms with Gasteiger partial charge in [-0.1, -0.05) is 12.1 Å². The molecular weight excluding hydrogens is 341 g/mol. The second kappa shape index (κ2) is 6.76. The molecule has 0 saturated heterocycles. The highest BCUT2D eigenvalue weighted by atomic mass is 32.1. The van der Waals surface area contributed by atoms with Crippen LogP contribution in [0.1, 0.15) is 27.7 Å². The summed E-state index contributed by atoms with van der Waals surface area (Å²) in [7, 11) is 1.63. The molecule has 0 N–H and O–H groups in total. The van der Waals surface area contributed by atoms with E-state index in [1.54, 1.807) is 31.0 Å². The molecule has 0 atom stereocenters. The van der Waals surface area contributed by atoms with Crippen molar-refractivity contribution in [2.75, 3.05) is 6.54 Å². The van der Waals surface area contributed by atoms with Crippen molar-refractivity contribution in [3.63, 3.8) is 0 Å². The van der Waals surface area contributed by atoms with Gasteiger partial charge in [-0.15, -0.1) is 11.3 Å². The number of aryl methyl sites for hydroxylation is 2. The fourth-order valence-corrected chi connectivity index (χ4v) is 3.85. The zero-order valence-electron chi connectivity index (χ0n) is 14.2. The Labute approximate surface area is 148 Å². The van der Waals surface area contributed by atoms with Gasteiger partial charge in [0.15, 0.2) is 0 Å². The summed E-state index contributed by atoms with van der Waals surface area (Å²) >= 11 is 1.22. The Hall–Kier alpha value is -2.54. The second-order valence-electron chi connectivity index (χ2n) is 5.85. The average Bonchev–Trinajstić information content (AvgIpc) is 2.93. The number of hydrogen-bond acceptors (Lipinski definition) is 4. The number of carbonyl (C=O) groups is 1. The van der Waals surface area contributed by atoms with Crippen LogP contribution in [0.2, 0.25) is 0 Å². The highest BCUT2D eigenvalue weighted by Gasteiger charge is 2.23. The molecule has 1 aromatic carbocycles. The Balaban J connectivity index is 1.98. The number of thiophene rings is 1. The number of fused-ring (bicyclic) bond motifs is 1. The minimum Gasteiger partial charge on any atom is -0.334 e. The number of hydrogen-bond donors (Lipinski definition) is 0. The summed E-state index contributed by atoms with van der Waals surface area (Å²) in [5.41, 5.74) is 1.21. The van der Waals surface area contributed by atoms with Crippen LogP contribution >= 0.6 is 11.3 Å². The highest BCUT2D eigenvalue weighted by molar-refractivity contribution is 7.20. The van der Waals surface area contributed by atoms with Crippen LogP contribution in [-0.4, -0.2) is 26.9 Å². The fraction of sp³-hybridized carbons (Fsp3) is 0.278. The van der Waals surface area contributed by atoms with Crippen molar-refractivity contribution in [2.45, 2.75) is 20.4 Å². The van der Waals surface area contributed by atoms with E-state index in [0.717, 1.165) is 5.56 Å². The standard InChI is InChI=1S/C18H18FN3O2S/c1-4-22(9-12-6-5-7-13(19)8-12)18(24)15-11(2)14-16(25-15)20-10-21(3)17(14)23/h5-8,10H,4,9H2,1-3H3. The molecule has 0 radical (unpaired) electrons. The number of carbonyl (C=O) groups excluding carboxylic acids is 1. The summed E-state index contributed by atoms with van der Waals surface area (Å²) in [5.74, 6) is -0.499. The lowest BCUT2D eigenvalue weighted by Crippen LogP contribution is -2.30. The summed E-state index contributed by atoms with van der Waals surface area (Å²) < 4.78 is 14.8. The van der Waals surface area contributed by atoms with E-state index in [0.29, 0.717) is 33.7 Å². The monoisotopic (exact) mass is 359 g/mol. The van der Waals surface area contributed by atoms with Gasteiger partial charge in [0, 0.05) is 20.1 Å². The molecule has 0 aliphatic heterocycles. The third kappa shape index (κ3) is 3.19. The molecule has 25 heavy (non-hydrogen) atoms. The summed E-state index contributed by atoms with van der Waals surface area (Å²) in [6.45, 7) is 4.43. The van der Waals surface area contributed by atoms with Crippen molar-refractivity contribution in [3.8, 4) is 0 Å². The molecule has 0 unspecified atom stereocenters. The van der Waals surface area contributed by atoms with Gasteiger partial charge in [-0.3, -0.25) is 9.59 Å². The summed E-state index contributed by atoms with van der Waals surface area (Å²) in [4.78, 5) is 32.2. The molecule has 3 rings (SSSR count). The average molecular weight is 359 g/mol. The van der Waals surface area contributed by atoms with Gasteiger partial charge in [-0.25, -0.2) is 9.37 Å². The Kier molecular flexibility index (Phi) is 4.67. The predicted molar refractivity (Wildman–Crippen MR) is 96.4 cm³/mol. The third-order valence-electron chi connectivity index (χ3n) is 4.14. The number of nitrogens with zero attached hydrogens (tertiary/aromatic N) is 3. The normalized spacial score (nSPS) is 11.0. The van der Waals surface area contributed by atoms with Crippen LogP contribution in [0.5, 0.6) is 0 Å². The first-order valence-corrected chi connectivity index (χ1v) is 8.72. The number of benzene rings is 1. The maximum atomic E-state index is 13.4. The van der Waals surface area contributed by atoms with Gasteiger partial charge >= 0.3 is 0 Å². The van der Waals surface area contributed by atoms with Gasteiger partial charge in [0.1, 0.15) is 10.6 Å². The predicted octanol–water partition coefficient (Wildman–Crippen LogP) is 3.10. The van der Waals surface area contributed by atoms with Crippen molar-refractivity contribution < 1.29 is 9.18 Å². The van der Waals surface area contributed by atoms with Crippen LogP contribution in [-0.2, 0) is 13.6 Å². The third-order valence-corrected chi connectivity index (χ3v) is 5.32. The van der Waals surface area contributed by atoms with Crippen LogP contribution in [0.3, 0.4) is 0 Å². The first-order valence-electron chi connectivity index (χ1n) is 7.90. The number of aromatic nitrogens is 2. The summed E-state index contributed by atoms with van der Waals surface area (Å²) in [6.07, 6.45) is 1.46. The van der Waals surface area contributed by atoms with E-state index >= 15 is 0 Å². The Morgan fingerprint density at radius 1 is 1.40 bits per heavy atom. The molecule has 0 saturated carbocycles. The molecule has 130 valence electrons. The minimum absolute atomic E-state index is 0.161. The molecule has 0 aliphatic rings. The molecule has 3 aromatic rings. The molecule has 2 aromatic heterocycles. The Bertz CT molecular complexity index is 1010. The first-order chi connectivity index (χ1) is 11.9. The van der Waals surface area contributed by atoms with Crippen LogP contribution in [0.15, 0.2) is 35.4 Å². The lowest BCUT2D eigenvalue weighted by atomic mass is 10.1. The van der Waals surface area contributed by atoms with E-state index in [1.165, 1.54) is 34.4 Å². The molecule has 0 aliphatic carbocycles. The van der Waals surface area contributed by atoms with Crippen LogP contribution in [0, 0.1) is 12.7 Å². The lowest BCUT2D eigenvalue weighted by molar-refractivity contribution is 0.0756. The van der Waals surface area contributed by atoms with E-state index in [9.17, 15) is 14.0 Å². The maximum absolute atomic E-state index is 13.4. The molecule has 2 heterocycles. The maximum Gasteiger partial charge on any atom is 0.264 e. The first kappa shape index (κ1) is 17.3. The van der Waals surface area contributed by atoms with Gasteiger partial charge in [0.2, 0.25) is 0 Å². The van der Waals surface area contributed by atoms with Crippen molar-refractivity contribution in [1.82, 2.24) is 14.5 Å². The van der Waals surface area contributed by atoms with Gasteiger partial charge in [0.25, 0.3) is 11.5 Å². The van der Waals surface area contributed by atoms with Crippen LogP contribution < -0.4 is 5.56 Å². The molecule has 7 heteroatoms. The van der Waals surface area contributed by atoms with E-state index < -0.39 is 0 Å². The van der Waals surface area contributed by atoms with E-state index in [1.807, 2.05) is 6.92 Å². The molecule has 0 fully saturated rings. The topological polar surface area (TPSA) is 55.2 Å². The largest absolute Gasteiger partial charge is 0.334 e. The van der Waals surface area contributed by atoms with Crippen LogP contribution in [0.4, 0.5) is 4.39 Å². The van der Waals surface area contributed by atoms with Gasteiger partial charge in [-0.2, -0.15) is 0 Å². The second-order valence-corrected chi connectivity index (χ2v) is 6.85. The Morgan fingerprint density at radius 3 is 2.84 bits per heavy atom. The zero-order valence-corrected chi connectivity index (χ0v) is 15.1.